The van der Waals surface area contributed by atoms with E-state index in [0.717, 1.165) is 18.5 Å². The van der Waals surface area contributed by atoms with Gasteiger partial charge in [-0.2, -0.15) is 0 Å². The molecule has 2 aromatic heterocycles. The Morgan fingerprint density at radius 1 is 1.37 bits per heavy atom. The molecule has 0 saturated heterocycles. The van der Waals surface area contributed by atoms with E-state index in [4.69, 9.17) is 11.6 Å². The first kappa shape index (κ1) is 12.6. The van der Waals surface area contributed by atoms with Crippen molar-refractivity contribution in [3.8, 4) is 0 Å². The Kier molecular flexibility index (Phi) is 3.48. The van der Waals surface area contributed by atoms with Gasteiger partial charge < -0.3 is 0 Å². The van der Waals surface area contributed by atoms with Crippen LogP contribution >= 0.6 is 22.9 Å². The van der Waals surface area contributed by atoms with E-state index in [1.165, 1.54) is 23.9 Å². The molecule has 0 bridgehead atoms. The highest BCUT2D eigenvalue weighted by Gasteiger charge is 2.17. The molecule has 6 heteroatoms. The molecule has 1 amide bonds. The maximum atomic E-state index is 12.1. The predicted molar refractivity (Wildman–Crippen MR) is 76.0 cm³/mol. The van der Waals surface area contributed by atoms with Crippen molar-refractivity contribution in [1.29, 1.82) is 0 Å². The number of halogens is 1. The summed E-state index contributed by atoms with van der Waals surface area (Å²) in [6.07, 6.45) is 7.48. The molecule has 98 valence electrons. The van der Waals surface area contributed by atoms with Crippen molar-refractivity contribution >= 4 is 34.0 Å². The fraction of sp³-hybridized carbons (Fsp3) is 0.308. The molecule has 1 N–H and O–H groups in total. The van der Waals surface area contributed by atoms with E-state index in [2.05, 4.69) is 15.3 Å². The first-order valence-electron chi connectivity index (χ1n) is 6.13. The number of hydrogen-bond donors (Lipinski definition) is 1. The van der Waals surface area contributed by atoms with Crippen LogP contribution in [0.5, 0.6) is 0 Å². The topological polar surface area (TPSA) is 54.9 Å². The molecule has 0 aliphatic heterocycles. The smallest absolute Gasteiger partial charge is 0.259 e. The number of rotatable bonds is 2. The number of carbonyl (C=O) groups excluding carboxylic acids is 1. The van der Waals surface area contributed by atoms with Crippen molar-refractivity contribution < 1.29 is 4.79 Å². The van der Waals surface area contributed by atoms with Crippen molar-refractivity contribution in [3.05, 3.63) is 39.6 Å². The highest BCUT2D eigenvalue weighted by atomic mass is 35.5. The number of aryl methyl sites for hydroxylation is 2. The van der Waals surface area contributed by atoms with Crippen molar-refractivity contribution in [2.75, 3.05) is 5.32 Å². The lowest BCUT2D eigenvalue weighted by Gasteiger charge is -2.06. The van der Waals surface area contributed by atoms with Crippen LogP contribution < -0.4 is 5.32 Å². The summed E-state index contributed by atoms with van der Waals surface area (Å²) in [7, 11) is 0. The maximum absolute atomic E-state index is 12.1. The van der Waals surface area contributed by atoms with Gasteiger partial charge in [0.25, 0.3) is 5.91 Å². The van der Waals surface area contributed by atoms with Gasteiger partial charge >= 0.3 is 0 Å². The van der Waals surface area contributed by atoms with Crippen LogP contribution in [-0.4, -0.2) is 15.9 Å². The zero-order valence-corrected chi connectivity index (χ0v) is 11.7. The summed E-state index contributed by atoms with van der Waals surface area (Å²) in [4.78, 5) is 21.7. The Bertz CT molecular complexity index is 603. The zero-order chi connectivity index (χ0) is 13.2. The molecular weight excluding hydrogens is 282 g/mol. The van der Waals surface area contributed by atoms with Gasteiger partial charge in [-0.1, -0.05) is 11.6 Å². The van der Waals surface area contributed by atoms with E-state index in [9.17, 15) is 4.79 Å². The van der Waals surface area contributed by atoms with Crippen LogP contribution in [0.3, 0.4) is 0 Å². The van der Waals surface area contributed by atoms with Crippen LogP contribution in [0.2, 0.25) is 5.02 Å². The molecule has 2 aromatic rings. The SMILES string of the molecule is O=C(Nc1nc2c(s1)CCCC2)c1ccncc1Cl. The Hall–Kier alpha value is -1.46. The average Bonchev–Trinajstić information content (AvgIpc) is 2.81. The average molecular weight is 294 g/mol. The molecular formula is C13H12ClN3OS. The fourth-order valence-corrected chi connectivity index (χ4v) is 3.38. The molecule has 0 unspecified atom stereocenters. The quantitative estimate of drug-likeness (QED) is 0.924. The predicted octanol–water partition coefficient (Wildman–Crippen LogP) is 3.32. The monoisotopic (exact) mass is 293 g/mol. The standard InChI is InChI=1S/C13H12ClN3OS/c14-9-7-15-6-5-8(9)12(18)17-13-16-10-3-1-2-4-11(10)19-13/h5-7H,1-4H2,(H,16,17,18). The minimum absolute atomic E-state index is 0.238. The Morgan fingerprint density at radius 3 is 3.00 bits per heavy atom. The van der Waals surface area contributed by atoms with Gasteiger partial charge in [0, 0.05) is 17.3 Å². The number of anilines is 1. The largest absolute Gasteiger partial charge is 0.298 e. The van der Waals surface area contributed by atoms with Crippen LogP contribution in [0.25, 0.3) is 0 Å². The minimum Gasteiger partial charge on any atom is -0.298 e. The number of hydrogen-bond acceptors (Lipinski definition) is 4. The molecule has 1 aliphatic rings. The number of fused-ring (bicyclic) bond motifs is 1. The molecule has 4 nitrogen and oxygen atoms in total. The summed E-state index contributed by atoms with van der Waals surface area (Å²) in [5, 5.41) is 3.82. The van der Waals surface area contributed by atoms with Gasteiger partial charge in [-0.15, -0.1) is 11.3 Å². The third kappa shape index (κ3) is 2.62. The molecule has 0 atom stereocenters. The van der Waals surface area contributed by atoms with Crippen molar-refractivity contribution in [2.24, 2.45) is 0 Å². The second-order valence-electron chi connectivity index (χ2n) is 4.41. The van der Waals surface area contributed by atoms with E-state index in [0.29, 0.717) is 15.7 Å². The highest BCUT2D eigenvalue weighted by molar-refractivity contribution is 7.15. The summed E-state index contributed by atoms with van der Waals surface area (Å²) >= 11 is 7.51. The summed E-state index contributed by atoms with van der Waals surface area (Å²) in [5.74, 6) is -0.238. The number of nitrogens with zero attached hydrogens (tertiary/aromatic N) is 2. The Morgan fingerprint density at radius 2 is 2.21 bits per heavy atom. The van der Waals surface area contributed by atoms with Gasteiger partial charge in [0.05, 0.1) is 16.3 Å². The molecule has 19 heavy (non-hydrogen) atoms. The number of aromatic nitrogens is 2. The van der Waals surface area contributed by atoms with Crippen molar-refractivity contribution in [1.82, 2.24) is 9.97 Å². The number of pyridine rings is 1. The Labute approximate surface area is 119 Å². The van der Waals surface area contributed by atoms with E-state index in [1.807, 2.05) is 0 Å². The second kappa shape index (κ2) is 5.27. The molecule has 0 saturated carbocycles. The second-order valence-corrected chi connectivity index (χ2v) is 5.90. The van der Waals surface area contributed by atoms with E-state index in [1.54, 1.807) is 23.6 Å². The van der Waals surface area contributed by atoms with Crippen LogP contribution in [0, 0.1) is 0 Å². The first-order chi connectivity index (χ1) is 9.24. The normalized spacial score (nSPS) is 13.9. The molecule has 0 radical (unpaired) electrons. The summed E-state index contributed by atoms with van der Waals surface area (Å²) in [5.41, 5.74) is 1.55. The lowest BCUT2D eigenvalue weighted by Crippen LogP contribution is -2.12. The van der Waals surface area contributed by atoms with Crippen LogP contribution in [0.4, 0.5) is 5.13 Å². The summed E-state index contributed by atoms with van der Waals surface area (Å²) < 4.78 is 0. The van der Waals surface area contributed by atoms with Crippen LogP contribution in [0.1, 0.15) is 33.8 Å². The van der Waals surface area contributed by atoms with Gasteiger partial charge in [0.1, 0.15) is 0 Å². The summed E-state index contributed by atoms with van der Waals surface area (Å²) in [6, 6.07) is 1.60. The Balaban J connectivity index is 1.80. The summed E-state index contributed by atoms with van der Waals surface area (Å²) in [6.45, 7) is 0. The van der Waals surface area contributed by atoms with Gasteiger partial charge in [-0.05, 0) is 31.7 Å². The lowest BCUT2D eigenvalue weighted by atomic mass is 10.0. The lowest BCUT2D eigenvalue weighted by molar-refractivity contribution is 0.102. The molecule has 2 heterocycles. The molecule has 1 aliphatic carbocycles. The van der Waals surface area contributed by atoms with Gasteiger partial charge in [0.2, 0.25) is 0 Å². The number of thiazole rings is 1. The first-order valence-corrected chi connectivity index (χ1v) is 7.33. The van der Waals surface area contributed by atoms with Crippen LogP contribution in [0.15, 0.2) is 18.5 Å². The third-order valence-electron chi connectivity index (χ3n) is 3.08. The van der Waals surface area contributed by atoms with E-state index < -0.39 is 0 Å². The van der Waals surface area contributed by atoms with Gasteiger partial charge in [-0.3, -0.25) is 15.1 Å². The van der Waals surface area contributed by atoms with E-state index >= 15 is 0 Å². The minimum atomic E-state index is -0.238. The number of carbonyl (C=O) groups is 1. The van der Waals surface area contributed by atoms with Crippen LogP contribution in [-0.2, 0) is 12.8 Å². The number of nitrogens with one attached hydrogen (secondary N) is 1. The molecule has 0 fully saturated rings. The van der Waals surface area contributed by atoms with Crippen molar-refractivity contribution in [2.45, 2.75) is 25.7 Å². The maximum Gasteiger partial charge on any atom is 0.259 e. The third-order valence-corrected chi connectivity index (χ3v) is 4.46. The molecule has 0 aromatic carbocycles. The zero-order valence-electron chi connectivity index (χ0n) is 10.1. The van der Waals surface area contributed by atoms with Crippen molar-refractivity contribution in [3.63, 3.8) is 0 Å². The fourth-order valence-electron chi connectivity index (χ4n) is 2.13. The number of amides is 1. The van der Waals surface area contributed by atoms with E-state index in [-0.39, 0.29) is 5.91 Å². The van der Waals surface area contributed by atoms with Gasteiger partial charge in [-0.25, -0.2) is 4.98 Å². The van der Waals surface area contributed by atoms with Gasteiger partial charge in [0.15, 0.2) is 5.13 Å². The molecule has 3 rings (SSSR count). The highest BCUT2D eigenvalue weighted by Crippen LogP contribution is 2.30. The molecule has 0 spiro atoms.